The molecule has 0 heterocycles. The maximum absolute atomic E-state index is 14.0. The fourth-order valence-corrected chi connectivity index (χ4v) is 3.41. The molecule has 0 radical (unpaired) electrons. The normalized spacial score (nSPS) is 14.6. The minimum Gasteiger partial charge on any atom is -0.493 e. The van der Waals surface area contributed by atoms with Gasteiger partial charge >= 0.3 is 36.0 Å². The Hall–Kier alpha value is -3.60. The highest BCUT2D eigenvalue weighted by molar-refractivity contribution is 6.07. The van der Waals surface area contributed by atoms with Gasteiger partial charge in [0, 0.05) is 31.6 Å². The van der Waals surface area contributed by atoms with Crippen molar-refractivity contribution in [2.75, 3.05) is 27.3 Å². The van der Waals surface area contributed by atoms with Gasteiger partial charge in [-0.3, -0.25) is 9.98 Å². The van der Waals surface area contributed by atoms with E-state index in [1.807, 2.05) is 0 Å². The smallest absolute Gasteiger partial charge is 0.460 e. The predicted octanol–water partition coefficient (Wildman–Crippen LogP) is 8.04. The third kappa shape index (κ3) is 7.14. The number of rotatable bonds is 12. The van der Waals surface area contributed by atoms with E-state index < -0.39 is 58.6 Å². The second-order valence-corrected chi connectivity index (χ2v) is 8.54. The Labute approximate surface area is 234 Å². The summed E-state index contributed by atoms with van der Waals surface area (Å²) in [5, 5.41) is 0. The van der Waals surface area contributed by atoms with Gasteiger partial charge in [0.25, 0.3) is 0 Å². The van der Waals surface area contributed by atoms with Crippen molar-refractivity contribution < 1.29 is 70.9 Å². The predicted molar refractivity (Wildman–Crippen MR) is 125 cm³/mol. The second-order valence-electron chi connectivity index (χ2n) is 8.54. The van der Waals surface area contributed by atoms with Crippen LogP contribution in [0.3, 0.4) is 0 Å². The van der Waals surface area contributed by atoms with Gasteiger partial charge in [0.15, 0.2) is 0 Å². The Morgan fingerprint density at radius 2 is 0.791 bits per heavy atom. The van der Waals surface area contributed by atoms with E-state index in [1.54, 1.807) is 0 Å². The number of alkyl halides is 14. The fraction of sp³-hybridized carbons (Fsp3) is 0.440. The van der Waals surface area contributed by atoms with Gasteiger partial charge in [-0.25, -0.2) is 0 Å². The monoisotopic (exact) mass is 646 g/mol. The number of nitrogens with zero attached hydrogens (tertiary/aromatic N) is 2. The molecule has 0 unspecified atom stereocenters. The summed E-state index contributed by atoms with van der Waals surface area (Å²) in [5.74, 6) is -24.2. The summed E-state index contributed by atoms with van der Waals surface area (Å²) < 4.78 is 195. The molecule has 2 rings (SSSR count). The Morgan fingerprint density at radius 3 is 1.02 bits per heavy atom. The second kappa shape index (κ2) is 12.6. The van der Waals surface area contributed by atoms with Gasteiger partial charge in [-0.05, 0) is 48.5 Å². The number of hydrogen-bond donors (Lipinski definition) is 0. The molecule has 0 fully saturated rings. The molecular formula is C25H20F14N2O2. The van der Waals surface area contributed by atoms with Crippen molar-refractivity contribution in [2.45, 2.75) is 42.5 Å². The molecule has 0 spiro atoms. The zero-order valence-corrected chi connectivity index (χ0v) is 21.7. The van der Waals surface area contributed by atoms with Crippen LogP contribution in [0.2, 0.25) is 0 Å². The SMILES string of the molecule is CN=C(c1ccc(OCCCOc2ccc(C(=NC)C(F)(F)C(F)(F)C(F)(F)F)cc2)cc1)C(F)(F)C(F)(F)C(F)(F)F. The van der Waals surface area contributed by atoms with Gasteiger partial charge in [-0.2, -0.15) is 61.5 Å². The van der Waals surface area contributed by atoms with Gasteiger partial charge in [0.1, 0.15) is 22.9 Å². The summed E-state index contributed by atoms with van der Waals surface area (Å²) in [6, 6.07) is 7.19. The lowest BCUT2D eigenvalue weighted by atomic mass is 9.98. The van der Waals surface area contributed by atoms with E-state index in [1.165, 1.54) is 0 Å². The number of ether oxygens (including phenoxy) is 2. The molecule has 240 valence electrons. The first-order chi connectivity index (χ1) is 19.6. The summed E-state index contributed by atoms with van der Waals surface area (Å²) in [6.07, 6.45) is -13.0. The average molecular weight is 646 g/mol. The molecule has 0 bridgehead atoms. The Bertz CT molecular complexity index is 1180. The van der Waals surface area contributed by atoms with Gasteiger partial charge in [-0.1, -0.05) is 0 Å². The highest BCUT2D eigenvalue weighted by atomic mass is 19.4. The molecule has 0 aromatic heterocycles. The van der Waals surface area contributed by atoms with E-state index in [2.05, 4.69) is 9.98 Å². The zero-order valence-electron chi connectivity index (χ0n) is 21.7. The molecule has 0 saturated heterocycles. The van der Waals surface area contributed by atoms with E-state index >= 15 is 0 Å². The van der Waals surface area contributed by atoms with Crippen LogP contribution in [0.15, 0.2) is 58.5 Å². The maximum atomic E-state index is 14.0. The van der Waals surface area contributed by atoms with Crippen LogP contribution in [0.25, 0.3) is 0 Å². The first-order valence-corrected chi connectivity index (χ1v) is 11.6. The number of hydrogen-bond acceptors (Lipinski definition) is 4. The van der Waals surface area contributed by atoms with Crippen LogP contribution < -0.4 is 9.47 Å². The van der Waals surface area contributed by atoms with E-state index in [9.17, 15) is 61.5 Å². The number of halogens is 14. The molecule has 4 nitrogen and oxygen atoms in total. The zero-order chi connectivity index (χ0) is 33.1. The first kappa shape index (κ1) is 35.6. The summed E-state index contributed by atoms with van der Waals surface area (Å²) in [5.41, 5.74) is -5.08. The van der Waals surface area contributed by atoms with Crippen LogP contribution in [0, 0.1) is 0 Å². The van der Waals surface area contributed by atoms with Crippen molar-refractivity contribution in [1.29, 1.82) is 0 Å². The van der Waals surface area contributed by atoms with Crippen LogP contribution in [0.4, 0.5) is 61.5 Å². The molecule has 2 aromatic carbocycles. The standard InChI is InChI=1S/C25H20F14N2O2/c1-40-18(20(26,27)22(30,31)24(34,35)36)14-4-8-16(9-5-14)42-12-3-13-43-17-10-6-15(7-11-17)19(41-2)21(28,29)23(32,33)25(37,38)39/h4-11H,3,12-13H2,1-2H3. The molecule has 0 N–H and O–H groups in total. The van der Waals surface area contributed by atoms with Gasteiger partial charge < -0.3 is 9.47 Å². The van der Waals surface area contributed by atoms with Crippen LogP contribution in [0.5, 0.6) is 11.5 Å². The maximum Gasteiger partial charge on any atom is 0.460 e. The fourth-order valence-electron chi connectivity index (χ4n) is 3.41. The largest absolute Gasteiger partial charge is 0.493 e. The highest BCUT2D eigenvalue weighted by Gasteiger charge is 2.75. The summed E-state index contributed by atoms with van der Waals surface area (Å²) in [4.78, 5) is 5.83. The minimum absolute atomic E-state index is 0.00239. The van der Waals surface area contributed by atoms with Gasteiger partial charge in [-0.15, -0.1) is 0 Å². The van der Waals surface area contributed by atoms with E-state index in [0.29, 0.717) is 14.1 Å². The molecule has 18 heteroatoms. The molecule has 0 amide bonds. The quantitative estimate of drug-likeness (QED) is 0.133. The summed E-state index contributed by atoms with van der Waals surface area (Å²) >= 11 is 0. The van der Waals surface area contributed by atoms with Crippen molar-refractivity contribution >= 4 is 11.4 Å². The van der Waals surface area contributed by atoms with Gasteiger partial charge in [0.2, 0.25) is 0 Å². The molecule has 0 atom stereocenters. The average Bonchev–Trinajstić information content (AvgIpc) is 2.89. The van der Waals surface area contributed by atoms with Crippen molar-refractivity contribution in [1.82, 2.24) is 0 Å². The van der Waals surface area contributed by atoms with Crippen LogP contribution in [-0.4, -0.2) is 74.8 Å². The van der Waals surface area contributed by atoms with Crippen molar-refractivity contribution in [3.63, 3.8) is 0 Å². The topological polar surface area (TPSA) is 43.2 Å². The number of benzene rings is 2. The van der Waals surface area contributed by atoms with Gasteiger partial charge in [0.05, 0.1) is 13.2 Å². The number of aliphatic imine (C=N–C) groups is 2. The molecule has 0 aliphatic carbocycles. The van der Waals surface area contributed by atoms with Crippen LogP contribution in [0.1, 0.15) is 17.5 Å². The summed E-state index contributed by atoms with van der Waals surface area (Å²) in [7, 11) is 1.23. The Kier molecular flexibility index (Phi) is 10.4. The first-order valence-electron chi connectivity index (χ1n) is 11.6. The third-order valence-corrected chi connectivity index (χ3v) is 5.62. The molecule has 0 aliphatic heterocycles. The van der Waals surface area contributed by atoms with E-state index in [4.69, 9.17) is 9.47 Å². The molecule has 0 saturated carbocycles. The Balaban J connectivity index is 1.96. The highest BCUT2D eigenvalue weighted by Crippen LogP contribution is 2.49. The van der Waals surface area contributed by atoms with E-state index in [-0.39, 0.29) is 31.1 Å². The van der Waals surface area contributed by atoms with Crippen LogP contribution >= 0.6 is 0 Å². The minimum atomic E-state index is -6.55. The lowest BCUT2D eigenvalue weighted by Crippen LogP contribution is -2.56. The third-order valence-electron chi connectivity index (χ3n) is 5.62. The molecule has 43 heavy (non-hydrogen) atoms. The van der Waals surface area contributed by atoms with Crippen molar-refractivity contribution in [3.8, 4) is 11.5 Å². The molecule has 2 aromatic rings. The lowest BCUT2D eigenvalue weighted by Gasteiger charge is -2.29. The lowest BCUT2D eigenvalue weighted by molar-refractivity contribution is -0.336. The Morgan fingerprint density at radius 1 is 0.512 bits per heavy atom. The van der Waals surface area contributed by atoms with Crippen molar-refractivity contribution in [2.24, 2.45) is 9.98 Å². The molecular weight excluding hydrogens is 626 g/mol. The van der Waals surface area contributed by atoms with E-state index in [0.717, 1.165) is 48.5 Å². The summed E-state index contributed by atoms with van der Waals surface area (Å²) in [6.45, 7) is -0.223. The van der Waals surface area contributed by atoms with Crippen LogP contribution in [-0.2, 0) is 0 Å². The molecule has 0 aliphatic rings. The van der Waals surface area contributed by atoms with Crippen molar-refractivity contribution in [3.05, 3.63) is 59.7 Å².